The highest BCUT2D eigenvalue weighted by atomic mass is 127. The summed E-state index contributed by atoms with van der Waals surface area (Å²) >= 11 is 0. The van der Waals surface area contributed by atoms with Crippen LogP contribution in [0.5, 0.6) is 0 Å². The lowest BCUT2D eigenvalue weighted by atomic mass is 9.84. The van der Waals surface area contributed by atoms with Crippen molar-refractivity contribution in [3.05, 3.63) is 47.8 Å². The molecule has 2 rings (SSSR count). The first-order valence-corrected chi connectivity index (χ1v) is 8.03. The Morgan fingerprint density at radius 3 is 2.48 bits per heavy atom. The molecule has 0 aliphatic rings. The molecule has 0 amide bonds. The molecule has 8 heteroatoms. The molecule has 0 aliphatic heterocycles. The van der Waals surface area contributed by atoms with E-state index in [1.54, 1.807) is 4.68 Å². The van der Waals surface area contributed by atoms with Gasteiger partial charge in [0.1, 0.15) is 24.5 Å². The lowest BCUT2D eigenvalue weighted by molar-refractivity contribution is 0.506. The fraction of sp³-hybridized carbons (Fsp3) is 0.471. The molecule has 0 fully saturated rings. The van der Waals surface area contributed by atoms with E-state index < -0.39 is 0 Å². The Labute approximate surface area is 165 Å². The molecule has 0 radical (unpaired) electrons. The number of guanidine groups is 1. The summed E-state index contributed by atoms with van der Waals surface area (Å²) in [6.07, 6.45) is 1.52. The molecule has 0 unspecified atom stereocenters. The zero-order valence-electron chi connectivity index (χ0n) is 15.1. The van der Waals surface area contributed by atoms with Crippen LogP contribution in [-0.4, -0.2) is 33.8 Å². The zero-order chi connectivity index (χ0) is 17.6. The van der Waals surface area contributed by atoms with Gasteiger partial charge in [-0.05, 0) is 24.6 Å². The molecule has 0 atom stereocenters. The number of benzene rings is 1. The SMILES string of the molecule is CCNC(=NCc1ncnn1C)NCC(C)(C)c1ccc(F)cc1.I. The van der Waals surface area contributed by atoms with E-state index in [9.17, 15) is 4.39 Å². The van der Waals surface area contributed by atoms with Crippen molar-refractivity contribution in [2.24, 2.45) is 12.0 Å². The topological polar surface area (TPSA) is 67.1 Å². The Morgan fingerprint density at radius 1 is 1.24 bits per heavy atom. The molecule has 25 heavy (non-hydrogen) atoms. The van der Waals surface area contributed by atoms with Crippen LogP contribution >= 0.6 is 24.0 Å². The van der Waals surface area contributed by atoms with Crippen molar-refractivity contribution in [2.75, 3.05) is 13.1 Å². The lowest BCUT2D eigenvalue weighted by Crippen LogP contribution is -2.43. The molecular weight excluding hydrogens is 434 g/mol. The molecule has 0 saturated heterocycles. The maximum atomic E-state index is 13.1. The monoisotopic (exact) mass is 460 g/mol. The van der Waals surface area contributed by atoms with E-state index in [1.165, 1.54) is 18.5 Å². The van der Waals surface area contributed by atoms with Crippen LogP contribution in [0, 0.1) is 5.82 Å². The molecule has 1 aromatic heterocycles. The average Bonchev–Trinajstić information content (AvgIpc) is 2.96. The molecule has 0 spiro atoms. The minimum absolute atomic E-state index is 0. The van der Waals surface area contributed by atoms with Gasteiger partial charge in [-0.2, -0.15) is 5.10 Å². The number of rotatable bonds is 6. The second kappa shape index (κ2) is 9.69. The first-order valence-electron chi connectivity index (χ1n) is 8.03. The van der Waals surface area contributed by atoms with Gasteiger partial charge < -0.3 is 10.6 Å². The number of aliphatic imine (C=N–C) groups is 1. The summed E-state index contributed by atoms with van der Waals surface area (Å²) in [6.45, 7) is 8.12. The van der Waals surface area contributed by atoms with Gasteiger partial charge in [0.05, 0.1) is 0 Å². The molecule has 1 heterocycles. The van der Waals surface area contributed by atoms with Crippen molar-refractivity contribution in [1.82, 2.24) is 25.4 Å². The third kappa shape index (κ3) is 6.26. The van der Waals surface area contributed by atoms with Crippen LogP contribution in [-0.2, 0) is 19.0 Å². The predicted octanol–water partition coefficient (Wildman–Crippen LogP) is 2.61. The van der Waals surface area contributed by atoms with Gasteiger partial charge in [0.25, 0.3) is 0 Å². The normalized spacial score (nSPS) is 11.8. The average molecular weight is 460 g/mol. The largest absolute Gasteiger partial charge is 0.357 e. The maximum Gasteiger partial charge on any atom is 0.191 e. The highest BCUT2D eigenvalue weighted by Gasteiger charge is 2.21. The summed E-state index contributed by atoms with van der Waals surface area (Å²) in [4.78, 5) is 8.70. The Morgan fingerprint density at radius 2 is 1.92 bits per heavy atom. The van der Waals surface area contributed by atoms with Gasteiger partial charge in [0.15, 0.2) is 5.96 Å². The maximum absolute atomic E-state index is 13.1. The van der Waals surface area contributed by atoms with Gasteiger partial charge >= 0.3 is 0 Å². The summed E-state index contributed by atoms with van der Waals surface area (Å²) in [5.41, 5.74) is 0.912. The Bertz CT molecular complexity index is 681. The summed E-state index contributed by atoms with van der Waals surface area (Å²) in [5.74, 6) is 1.29. The summed E-state index contributed by atoms with van der Waals surface area (Å²) in [5, 5.41) is 10.6. The van der Waals surface area contributed by atoms with E-state index in [0.29, 0.717) is 13.1 Å². The third-order valence-corrected chi connectivity index (χ3v) is 3.85. The van der Waals surface area contributed by atoms with Gasteiger partial charge in [-0.15, -0.1) is 24.0 Å². The standard InChI is InChI=1S/C17H25FN6.HI/c1-5-19-16(20-10-15-22-12-23-24(15)4)21-11-17(2,3)13-6-8-14(18)9-7-13;/h6-9,12H,5,10-11H2,1-4H3,(H2,19,20,21);1H. The molecule has 138 valence electrons. The van der Waals surface area contributed by atoms with E-state index in [2.05, 4.69) is 39.6 Å². The Hall–Kier alpha value is -1.71. The molecule has 1 aromatic carbocycles. The Balaban J connectivity index is 0.00000312. The van der Waals surface area contributed by atoms with E-state index in [1.807, 2.05) is 26.1 Å². The van der Waals surface area contributed by atoms with Crippen molar-refractivity contribution in [1.29, 1.82) is 0 Å². The van der Waals surface area contributed by atoms with Gasteiger partial charge in [0.2, 0.25) is 0 Å². The van der Waals surface area contributed by atoms with Gasteiger partial charge in [-0.25, -0.2) is 14.4 Å². The molecule has 0 aliphatic carbocycles. The molecule has 0 saturated carbocycles. The van der Waals surface area contributed by atoms with Crippen molar-refractivity contribution in [2.45, 2.75) is 32.7 Å². The first-order chi connectivity index (χ1) is 11.4. The third-order valence-electron chi connectivity index (χ3n) is 3.85. The van der Waals surface area contributed by atoms with E-state index in [4.69, 9.17) is 0 Å². The van der Waals surface area contributed by atoms with Gasteiger partial charge in [-0.1, -0.05) is 26.0 Å². The number of nitrogens with zero attached hydrogens (tertiary/aromatic N) is 4. The molecule has 2 aromatic rings. The van der Waals surface area contributed by atoms with Gasteiger partial charge in [0, 0.05) is 25.6 Å². The Kier molecular flexibility index (Phi) is 8.27. The highest BCUT2D eigenvalue weighted by Crippen LogP contribution is 2.22. The van der Waals surface area contributed by atoms with Crippen LogP contribution in [0.2, 0.25) is 0 Å². The minimum atomic E-state index is -0.221. The summed E-state index contributed by atoms with van der Waals surface area (Å²) in [6, 6.07) is 6.62. The zero-order valence-corrected chi connectivity index (χ0v) is 17.4. The van der Waals surface area contributed by atoms with E-state index in [0.717, 1.165) is 23.9 Å². The van der Waals surface area contributed by atoms with Crippen LogP contribution in [0.3, 0.4) is 0 Å². The minimum Gasteiger partial charge on any atom is -0.357 e. The van der Waals surface area contributed by atoms with Crippen molar-refractivity contribution < 1.29 is 4.39 Å². The fourth-order valence-electron chi connectivity index (χ4n) is 2.26. The predicted molar refractivity (Wildman–Crippen MR) is 109 cm³/mol. The van der Waals surface area contributed by atoms with Crippen molar-refractivity contribution in [3.8, 4) is 0 Å². The van der Waals surface area contributed by atoms with E-state index >= 15 is 0 Å². The van der Waals surface area contributed by atoms with Crippen molar-refractivity contribution in [3.63, 3.8) is 0 Å². The molecule has 6 nitrogen and oxygen atoms in total. The highest BCUT2D eigenvalue weighted by molar-refractivity contribution is 14.0. The van der Waals surface area contributed by atoms with Gasteiger partial charge in [-0.3, -0.25) is 4.68 Å². The number of nitrogens with one attached hydrogen (secondary N) is 2. The molecule has 2 N–H and O–H groups in total. The lowest BCUT2D eigenvalue weighted by Gasteiger charge is -2.26. The first kappa shape index (κ1) is 21.3. The van der Waals surface area contributed by atoms with Crippen LogP contribution < -0.4 is 10.6 Å². The number of aryl methyl sites for hydroxylation is 1. The van der Waals surface area contributed by atoms with Crippen LogP contribution in [0.25, 0.3) is 0 Å². The number of halogens is 2. The van der Waals surface area contributed by atoms with E-state index in [-0.39, 0.29) is 35.2 Å². The number of hydrogen-bond donors (Lipinski definition) is 2. The molecular formula is C17H26FIN6. The summed E-state index contributed by atoms with van der Waals surface area (Å²) in [7, 11) is 1.84. The quantitative estimate of drug-likeness (QED) is 0.395. The summed E-state index contributed by atoms with van der Waals surface area (Å²) < 4.78 is 14.8. The van der Waals surface area contributed by atoms with Crippen LogP contribution in [0.1, 0.15) is 32.2 Å². The second-order valence-electron chi connectivity index (χ2n) is 6.24. The fourth-order valence-corrected chi connectivity index (χ4v) is 2.26. The number of aromatic nitrogens is 3. The smallest absolute Gasteiger partial charge is 0.191 e. The van der Waals surface area contributed by atoms with Crippen LogP contribution in [0.4, 0.5) is 4.39 Å². The van der Waals surface area contributed by atoms with Crippen LogP contribution in [0.15, 0.2) is 35.6 Å². The second-order valence-corrected chi connectivity index (χ2v) is 6.24. The number of hydrogen-bond acceptors (Lipinski definition) is 3. The molecule has 0 bridgehead atoms. The van der Waals surface area contributed by atoms with Crippen molar-refractivity contribution >= 4 is 29.9 Å².